The van der Waals surface area contributed by atoms with Gasteiger partial charge < -0.3 is 9.64 Å². The van der Waals surface area contributed by atoms with E-state index in [9.17, 15) is 9.59 Å². The van der Waals surface area contributed by atoms with Crippen LogP contribution in [0, 0.1) is 0 Å². The zero-order chi connectivity index (χ0) is 24.1. The van der Waals surface area contributed by atoms with Gasteiger partial charge in [-0.2, -0.15) is 4.98 Å². The van der Waals surface area contributed by atoms with Crippen LogP contribution in [0.5, 0.6) is 5.75 Å². The highest BCUT2D eigenvalue weighted by molar-refractivity contribution is 5.68. The molecule has 9 nitrogen and oxygen atoms in total. The van der Waals surface area contributed by atoms with Gasteiger partial charge in [0.1, 0.15) is 18.9 Å². The highest BCUT2D eigenvalue weighted by Crippen LogP contribution is 2.19. The Balaban J connectivity index is 1.68. The summed E-state index contributed by atoms with van der Waals surface area (Å²) in [6.45, 7) is 8.10. The summed E-state index contributed by atoms with van der Waals surface area (Å²) in [5.74, 6) is 1.15. The van der Waals surface area contributed by atoms with Gasteiger partial charge in [0.15, 0.2) is 0 Å². The van der Waals surface area contributed by atoms with E-state index in [1.165, 1.54) is 7.05 Å². The van der Waals surface area contributed by atoms with Gasteiger partial charge in [-0.25, -0.2) is 14.3 Å². The lowest BCUT2D eigenvalue weighted by molar-refractivity contribution is -0.722. The molecule has 1 N–H and O–H groups in total. The number of benzene rings is 2. The predicted octanol–water partition coefficient (Wildman–Crippen LogP) is 1.74. The first-order valence-corrected chi connectivity index (χ1v) is 11.4. The summed E-state index contributed by atoms with van der Waals surface area (Å²) in [6.07, 6.45) is 0. The van der Waals surface area contributed by atoms with Crippen molar-refractivity contribution in [1.29, 1.82) is 0 Å². The molecule has 0 bridgehead atoms. The SMILES string of the molecule is CCN(CC)CCOc1ccc(-c2nc3c(=O)n(C)c(=O)[nH]c3[n+](Cc3ccccc3)n2)cc1. The van der Waals surface area contributed by atoms with E-state index in [2.05, 4.69) is 33.8 Å². The third-order valence-electron chi connectivity index (χ3n) is 5.81. The first-order chi connectivity index (χ1) is 16.5. The lowest BCUT2D eigenvalue weighted by Gasteiger charge is -2.18. The van der Waals surface area contributed by atoms with Crippen molar-refractivity contribution in [3.63, 3.8) is 0 Å². The summed E-state index contributed by atoms with van der Waals surface area (Å²) >= 11 is 0. The Morgan fingerprint density at radius 2 is 1.74 bits per heavy atom. The fourth-order valence-corrected chi connectivity index (χ4v) is 3.70. The highest BCUT2D eigenvalue weighted by Gasteiger charge is 2.21. The number of ether oxygens (including phenoxy) is 1. The van der Waals surface area contributed by atoms with Crippen molar-refractivity contribution in [3.8, 4) is 17.1 Å². The molecule has 0 saturated heterocycles. The van der Waals surface area contributed by atoms with E-state index in [0.29, 0.717) is 19.0 Å². The molecule has 0 aliphatic heterocycles. The summed E-state index contributed by atoms with van der Waals surface area (Å²) in [5, 5.41) is 4.66. The monoisotopic (exact) mass is 461 g/mol. The van der Waals surface area contributed by atoms with Gasteiger partial charge in [0.05, 0.1) is 0 Å². The van der Waals surface area contributed by atoms with Crippen molar-refractivity contribution in [2.75, 3.05) is 26.2 Å². The summed E-state index contributed by atoms with van der Waals surface area (Å²) < 4.78 is 8.50. The third-order valence-corrected chi connectivity index (χ3v) is 5.81. The van der Waals surface area contributed by atoms with Crippen molar-refractivity contribution in [2.45, 2.75) is 20.4 Å². The van der Waals surface area contributed by atoms with Crippen molar-refractivity contribution in [2.24, 2.45) is 7.05 Å². The minimum Gasteiger partial charge on any atom is -0.492 e. The molecule has 2 aromatic carbocycles. The molecule has 0 unspecified atom stereocenters. The van der Waals surface area contributed by atoms with Gasteiger partial charge in [-0.3, -0.25) is 4.79 Å². The molecule has 34 heavy (non-hydrogen) atoms. The Bertz CT molecular complexity index is 1380. The number of fused-ring (bicyclic) bond motifs is 1. The van der Waals surface area contributed by atoms with E-state index in [1.54, 1.807) is 4.68 Å². The van der Waals surface area contributed by atoms with Crippen LogP contribution >= 0.6 is 0 Å². The second-order valence-electron chi connectivity index (χ2n) is 7.97. The number of rotatable bonds is 9. The standard InChI is InChI=1S/C25H28N6O3/c1-4-30(5-2)15-16-34-20-13-11-19(12-14-20)22-26-21-23(27-25(33)29(3)24(21)32)31(28-22)17-18-9-7-6-8-10-18/h6-14H,4-5,15-17H2,1-3H3/p+1. The molecular formula is C25H29N6O3+. The van der Waals surface area contributed by atoms with E-state index in [-0.39, 0.29) is 11.2 Å². The van der Waals surface area contributed by atoms with Crippen LogP contribution < -0.4 is 20.7 Å². The predicted molar refractivity (Wildman–Crippen MR) is 130 cm³/mol. The second-order valence-corrected chi connectivity index (χ2v) is 7.97. The summed E-state index contributed by atoms with van der Waals surface area (Å²) in [5.41, 5.74) is 1.19. The van der Waals surface area contributed by atoms with E-state index < -0.39 is 11.2 Å². The molecule has 176 valence electrons. The van der Waals surface area contributed by atoms with Gasteiger partial charge in [0, 0.05) is 19.2 Å². The molecule has 4 aromatic rings. The fraction of sp³-hybridized carbons (Fsp3) is 0.320. The average Bonchev–Trinajstić information content (AvgIpc) is 2.87. The van der Waals surface area contributed by atoms with Crippen LogP contribution in [-0.4, -0.2) is 50.8 Å². The molecule has 0 amide bonds. The molecule has 0 saturated carbocycles. The van der Waals surface area contributed by atoms with Gasteiger partial charge in [0.2, 0.25) is 11.3 Å². The molecule has 2 aromatic heterocycles. The maximum atomic E-state index is 12.8. The van der Waals surface area contributed by atoms with Crippen LogP contribution in [0.1, 0.15) is 19.4 Å². The lowest BCUT2D eigenvalue weighted by atomic mass is 10.2. The van der Waals surface area contributed by atoms with E-state index in [0.717, 1.165) is 41.1 Å². The van der Waals surface area contributed by atoms with Gasteiger partial charge in [-0.05, 0) is 42.9 Å². The van der Waals surface area contributed by atoms with Crippen LogP contribution in [0.4, 0.5) is 0 Å². The van der Waals surface area contributed by atoms with Crippen molar-refractivity contribution < 1.29 is 9.42 Å². The molecule has 9 heteroatoms. The molecule has 0 aliphatic carbocycles. The number of nitrogens with zero attached hydrogens (tertiary/aromatic N) is 5. The largest absolute Gasteiger partial charge is 0.492 e. The van der Waals surface area contributed by atoms with Gasteiger partial charge >= 0.3 is 11.3 Å². The topological polar surface area (TPSA) is 97.0 Å². The van der Waals surface area contributed by atoms with Crippen LogP contribution in [0.2, 0.25) is 0 Å². The Morgan fingerprint density at radius 1 is 1.03 bits per heavy atom. The summed E-state index contributed by atoms with van der Waals surface area (Å²) in [4.78, 5) is 34.6. The molecule has 0 radical (unpaired) electrons. The lowest BCUT2D eigenvalue weighted by Crippen LogP contribution is -2.45. The van der Waals surface area contributed by atoms with Crippen molar-refractivity contribution >= 4 is 11.2 Å². The number of nitrogens with one attached hydrogen (secondary N) is 1. The third kappa shape index (κ3) is 5.04. The van der Waals surface area contributed by atoms with Gasteiger partial charge in [0.25, 0.3) is 5.56 Å². The summed E-state index contributed by atoms with van der Waals surface area (Å²) in [6, 6.07) is 17.2. The first kappa shape index (κ1) is 23.3. The van der Waals surface area contributed by atoms with E-state index in [4.69, 9.17) is 4.74 Å². The minimum atomic E-state index is -0.512. The highest BCUT2D eigenvalue weighted by atomic mass is 16.5. The van der Waals surface area contributed by atoms with E-state index >= 15 is 0 Å². The van der Waals surface area contributed by atoms with Crippen LogP contribution in [0.15, 0.2) is 64.2 Å². The van der Waals surface area contributed by atoms with Crippen molar-refractivity contribution in [3.05, 3.63) is 81.0 Å². The minimum absolute atomic E-state index is 0.155. The number of hydrogen-bond donors (Lipinski definition) is 1. The Labute approximate surface area is 197 Å². The first-order valence-electron chi connectivity index (χ1n) is 11.4. The Hall–Kier alpha value is -3.85. The second kappa shape index (κ2) is 10.4. The zero-order valence-corrected chi connectivity index (χ0v) is 19.7. The smallest absolute Gasteiger partial charge is 0.416 e. The number of aromatic nitrogens is 5. The maximum absolute atomic E-state index is 12.8. The average molecular weight is 462 g/mol. The molecule has 2 heterocycles. The fourth-order valence-electron chi connectivity index (χ4n) is 3.70. The van der Waals surface area contributed by atoms with Crippen LogP contribution in [0.25, 0.3) is 22.6 Å². The number of hydrogen-bond acceptors (Lipinski definition) is 6. The van der Waals surface area contributed by atoms with E-state index in [1.807, 2.05) is 54.6 Å². The van der Waals surface area contributed by atoms with Gasteiger partial charge in [-0.1, -0.05) is 49.3 Å². The number of aromatic amines is 1. The quantitative estimate of drug-likeness (QED) is 0.382. The molecule has 4 rings (SSSR count). The summed E-state index contributed by atoms with van der Waals surface area (Å²) in [7, 11) is 1.42. The molecule has 0 fully saturated rings. The zero-order valence-electron chi connectivity index (χ0n) is 19.7. The maximum Gasteiger partial charge on any atom is 0.416 e. The van der Waals surface area contributed by atoms with Crippen molar-refractivity contribution in [1.82, 2.24) is 24.5 Å². The normalized spacial score (nSPS) is 11.3. The number of likely N-dealkylation sites (N-methyl/N-ethyl adjacent to an activating group) is 1. The Kier molecular flexibility index (Phi) is 7.12. The van der Waals surface area contributed by atoms with Gasteiger partial charge in [-0.15, -0.1) is 4.68 Å². The molecular weight excluding hydrogens is 432 g/mol. The molecule has 0 aliphatic rings. The Morgan fingerprint density at radius 3 is 2.41 bits per heavy atom. The molecule has 0 spiro atoms. The number of H-pyrrole nitrogens is 1. The molecule has 0 atom stereocenters. The van der Waals surface area contributed by atoms with Crippen LogP contribution in [0.3, 0.4) is 0 Å². The van der Waals surface area contributed by atoms with Crippen LogP contribution in [-0.2, 0) is 13.6 Å².